The number of amides is 1. The van der Waals surface area contributed by atoms with Gasteiger partial charge in [-0.05, 0) is 35.7 Å². The molecule has 0 fully saturated rings. The summed E-state index contributed by atoms with van der Waals surface area (Å²) in [5.74, 6) is 0.815. The first-order valence-corrected chi connectivity index (χ1v) is 9.58. The van der Waals surface area contributed by atoms with Crippen LogP contribution in [-0.2, 0) is 11.3 Å². The van der Waals surface area contributed by atoms with E-state index in [9.17, 15) is 9.59 Å². The highest BCUT2D eigenvalue weighted by molar-refractivity contribution is 5.90. The molecule has 0 aliphatic heterocycles. The summed E-state index contributed by atoms with van der Waals surface area (Å²) in [6.07, 6.45) is 2.94. The number of nitrogens with zero attached hydrogens (tertiary/aromatic N) is 4. The molecule has 2 aromatic heterocycles. The van der Waals surface area contributed by atoms with Gasteiger partial charge in [-0.2, -0.15) is 0 Å². The van der Waals surface area contributed by atoms with Crippen LogP contribution in [0.2, 0.25) is 0 Å². The second kappa shape index (κ2) is 8.20. The third-order valence-electron chi connectivity index (χ3n) is 4.58. The van der Waals surface area contributed by atoms with Crippen molar-refractivity contribution in [1.29, 1.82) is 0 Å². The summed E-state index contributed by atoms with van der Waals surface area (Å²) in [7, 11) is 0. The van der Waals surface area contributed by atoms with Gasteiger partial charge < -0.3 is 10.1 Å². The lowest BCUT2D eigenvalue weighted by atomic mass is 10.0. The lowest BCUT2D eigenvalue weighted by Crippen LogP contribution is -2.28. The molecular formula is C22H21N5O3. The van der Waals surface area contributed by atoms with Crippen LogP contribution < -0.4 is 15.7 Å². The fourth-order valence-electron chi connectivity index (χ4n) is 2.99. The molecule has 2 aromatic carbocycles. The van der Waals surface area contributed by atoms with Crippen molar-refractivity contribution in [2.45, 2.75) is 26.3 Å². The van der Waals surface area contributed by atoms with E-state index in [0.717, 1.165) is 4.68 Å². The van der Waals surface area contributed by atoms with E-state index in [1.54, 1.807) is 12.1 Å². The van der Waals surface area contributed by atoms with Gasteiger partial charge in [0.1, 0.15) is 12.3 Å². The normalized spacial score (nSPS) is 11.0. The molecule has 0 saturated heterocycles. The van der Waals surface area contributed by atoms with Crippen LogP contribution in [0, 0.1) is 0 Å². The van der Waals surface area contributed by atoms with Gasteiger partial charge in [0.15, 0.2) is 0 Å². The highest BCUT2D eigenvalue weighted by Gasteiger charge is 2.15. The fraction of sp³-hybridized carbons (Fsp3) is 0.182. The number of aromatic nitrogens is 4. The first-order chi connectivity index (χ1) is 14.5. The lowest BCUT2D eigenvalue weighted by Gasteiger charge is -2.08. The number of hydrogen-bond acceptors (Lipinski definition) is 5. The Kier molecular flexibility index (Phi) is 5.30. The predicted octanol–water partition coefficient (Wildman–Crippen LogP) is 3.45. The van der Waals surface area contributed by atoms with Gasteiger partial charge in [0.2, 0.25) is 11.6 Å². The van der Waals surface area contributed by atoms with E-state index in [1.165, 1.54) is 22.4 Å². The SMILES string of the molecule is CC(C)c1ccc(NC(=O)Cn2nc3c(Oc4ccccc4)nccn3c2=O)cc1. The second-order valence-electron chi connectivity index (χ2n) is 7.11. The molecule has 0 spiro atoms. The van der Waals surface area contributed by atoms with Gasteiger partial charge >= 0.3 is 5.69 Å². The third-order valence-corrected chi connectivity index (χ3v) is 4.58. The Labute approximate surface area is 172 Å². The number of para-hydroxylation sites is 1. The summed E-state index contributed by atoms with van der Waals surface area (Å²) in [5.41, 5.74) is 1.63. The van der Waals surface area contributed by atoms with Crippen molar-refractivity contribution in [2.75, 3.05) is 5.32 Å². The zero-order chi connectivity index (χ0) is 21.1. The van der Waals surface area contributed by atoms with E-state index in [1.807, 2.05) is 42.5 Å². The highest BCUT2D eigenvalue weighted by atomic mass is 16.5. The minimum absolute atomic E-state index is 0.184. The zero-order valence-corrected chi connectivity index (χ0v) is 16.6. The number of carbonyl (C=O) groups excluding carboxylic acids is 1. The molecule has 1 N–H and O–H groups in total. The minimum atomic E-state index is -0.449. The number of rotatable bonds is 6. The van der Waals surface area contributed by atoms with E-state index in [-0.39, 0.29) is 24.0 Å². The van der Waals surface area contributed by atoms with Crippen LogP contribution >= 0.6 is 0 Å². The Morgan fingerprint density at radius 3 is 2.53 bits per heavy atom. The van der Waals surface area contributed by atoms with Gasteiger partial charge in [0, 0.05) is 18.1 Å². The Hall–Kier alpha value is -3.94. The highest BCUT2D eigenvalue weighted by Crippen LogP contribution is 2.21. The van der Waals surface area contributed by atoms with Gasteiger partial charge in [-0.1, -0.05) is 44.2 Å². The number of carbonyl (C=O) groups is 1. The van der Waals surface area contributed by atoms with Crippen molar-refractivity contribution < 1.29 is 9.53 Å². The number of hydrogen-bond donors (Lipinski definition) is 1. The Balaban J connectivity index is 1.54. The van der Waals surface area contributed by atoms with E-state index in [2.05, 4.69) is 29.2 Å². The Bertz CT molecular complexity index is 1230. The van der Waals surface area contributed by atoms with Crippen molar-refractivity contribution in [3.8, 4) is 11.6 Å². The molecule has 8 heteroatoms. The quantitative estimate of drug-likeness (QED) is 0.533. The van der Waals surface area contributed by atoms with Crippen LogP contribution in [0.1, 0.15) is 25.3 Å². The number of anilines is 1. The second-order valence-corrected chi connectivity index (χ2v) is 7.11. The molecule has 0 unspecified atom stereocenters. The molecule has 4 aromatic rings. The number of nitrogens with one attached hydrogen (secondary N) is 1. The minimum Gasteiger partial charge on any atom is -0.436 e. The van der Waals surface area contributed by atoms with Crippen LogP contribution in [0.4, 0.5) is 5.69 Å². The molecule has 152 valence electrons. The Morgan fingerprint density at radius 1 is 1.10 bits per heavy atom. The summed E-state index contributed by atoms with van der Waals surface area (Å²) in [4.78, 5) is 29.2. The summed E-state index contributed by atoms with van der Waals surface area (Å²) < 4.78 is 8.14. The maximum Gasteiger partial charge on any atom is 0.351 e. The number of benzene rings is 2. The van der Waals surface area contributed by atoms with Gasteiger partial charge in [0.25, 0.3) is 5.88 Å². The predicted molar refractivity (Wildman–Crippen MR) is 113 cm³/mol. The van der Waals surface area contributed by atoms with Gasteiger partial charge in [-0.15, -0.1) is 5.10 Å². The van der Waals surface area contributed by atoms with Crippen molar-refractivity contribution >= 4 is 17.2 Å². The van der Waals surface area contributed by atoms with E-state index < -0.39 is 5.69 Å². The van der Waals surface area contributed by atoms with E-state index in [4.69, 9.17) is 4.74 Å². The first-order valence-electron chi connectivity index (χ1n) is 9.58. The van der Waals surface area contributed by atoms with E-state index >= 15 is 0 Å². The lowest BCUT2D eigenvalue weighted by molar-refractivity contribution is -0.117. The monoisotopic (exact) mass is 403 g/mol. The topological polar surface area (TPSA) is 90.5 Å². The summed E-state index contributed by atoms with van der Waals surface area (Å²) in [6, 6.07) is 16.7. The molecule has 0 aliphatic carbocycles. The summed E-state index contributed by atoms with van der Waals surface area (Å²) in [5, 5.41) is 7.03. The van der Waals surface area contributed by atoms with Gasteiger partial charge in [-0.25, -0.2) is 18.9 Å². The van der Waals surface area contributed by atoms with Crippen molar-refractivity contribution in [1.82, 2.24) is 19.2 Å². The molecule has 2 heterocycles. The standard InChI is InChI=1S/C22H21N5O3/c1-15(2)16-8-10-17(11-9-16)24-19(28)14-27-22(29)26-13-12-23-21(20(26)25-27)30-18-6-4-3-5-7-18/h3-13,15H,14H2,1-2H3,(H,24,28). The van der Waals surface area contributed by atoms with Crippen LogP contribution in [0.3, 0.4) is 0 Å². The fourth-order valence-corrected chi connectivity index (χ4v) is 2.99. The molecule has 4 rings (SSSR count). The first kappa shape index (κ1) is 19.4. The smallest absolute Gasteiger partial charge is 0.351 e. The molecule has 8 nitrogen and oxygen atoms in total. The average molecular weight is 403 g/mol. The largest absolute Gasteiger partial charge is 0.436 e. The maximum atomic E-state index is 12.6. The summed E-state index contributed by atoms with van der Waals surface area (Å²) in [6.45, 7) is 3.99. The number of fused-ring (bicyclic) bond motifs is 1. The molecule has 1 amide bonds. The molecule has 30 heavy (non-hydrogen) atoms. The van der Waals surface area contributed by atoms with Crippen LogP contribution in [0.5, 0.6) is 11.6 Å². The van der Waals surface area contributed by atoms with Crippen molar-refractivity contribution in [2.24, 2.45) is 0 Å². The molecular weight excluding hydrogens is 382 g/mol. The van der Waals surface area contributed by atoms with Crippen LogP contribution in [-0.4, -0.2) is 25.1 Å². The zero-order valence-electron chi connectivity index (χ0n) is 16.6. The van der Waals surface area contributed by atoms with Crippen LogP contribution in [0.25, 0.3) is 5.65 Å². The van der Waals surface area contributed by atoms with Gasteiger partial charge in [0.05, 0.1) is 0 Å². The Morgan fingerprint density at radius 2 is 1.83 bits per heavy atom. The van der Waals surface area contributed by atoms with E-state index in [0.29, 0.717) is 17.4 Å². The molecule has 0 bridgehead atoms. The molecule has 0 saturated carbocycles. The molecule has 0 aliphatic rings. The maximum absolute atomic E-state index is 12.6. The molecule has 0 atom stereocenters. The van der Waals surface area contributed by atoms with Crippen molar-refractivity contribution in [3.63, 3.8) is 0 Å². The van der Waals surface area contributed by atoms with Crippen molar-refractivity contribution in [3.05, 3.63) is 83.0 Å². The van der Waals surface area contributed by atoms with Gasteiger partial charge in [-0.3, -0.25) is 4.79 Å². The number of ether oxygens (including phenoxy) is 1. The third kappa shape index (κ3) is 4.07. The summed E-state index contributed by atoms with van der Waals surface area (Å²) >= 11 is 0. The van der Waals surface area contributed by atoms with Crippen LogP contribution in [0.15, 0.2) is 71.8 Å². The molecule has 0 radical (unpaired) electrons. The average Bonchev–Trinajstić information content (AvgIpc) is 3.06.